The van der Waals surface area contributed by atoms with Gasteiger partial charge in [0.2, 0.25) is 5.56 Å². The molecule has 114 valence electrons. The van der Waals surface area contributed by atoms with E-state index in [1.165, 1.54) is 24.3 Å². The van der Waals surface area contributed by atoms with Crippen LogP contribution in [-0.4, -0.2) is 22.5 Å². The third-order valence-electron chi connectivity index (χ3n) is 3.08. The Morgan fingerprint density at radius 1 is 1.36 bits per heavy atom. The lowest BCUT2D eigenvalue weighted by atomic mass is 9.99. The second-order valence-corrected chi connectivity index (χ2v) is 4.58. The minimum absolute atomic E-state index is 0.120. The summed E-state index contributed by atoms with van der Waals surface area (Å²) in [6, 6.07) is 6.99. The molecule has 0 radical (unpaired) electrons. The number of ether oxygens (including phenoxy) is 1. The Labute approximate surface area is 125 Å². The van der Waals surface area contributed by atoms with Crippen LogP contribution in [-0.2, 0) is 4.74 Å². The zero-order chi connectivity index (χ0) is 16.3. The number of aryl methyl sites for hydroxylation is 1. The average Bonchev–Trinajstić information content (AvgIpc) is 2.46. The number of hydrogen-bond donors (Lipinski definition) is 1. The van der Waals surface area contributed by atoms with E-state index in [0.29, 0.717) is 16.8 Å². The highest BCUT2D eigenvalue weighted by Gasteiger charge is 2.19. The molecule has 0 amide bonds. The van der Waals surface area contributed by atoms with Gasteiger partial charge in [-0.05, 0) is 19.4 Å². The average molecular weight is 302 g/mol. The van der Waals surface area contributed by atoms with Gasteiger partial charge in [-0.3, -0.25) is 14.9 Å². The molecule has 1 aromatic carbocycles. The number of rotatable bonds is 4. The van der Waals surface area contributed by atoms with E-state index >= 15 is 0 Å². The maximum Gasteiger partial charge on any atom is 0.340 e. The van der Waals surface area contributed by atoms with Crippen molar-refractivity contribution in [3.63, 3.8) is 0 Å². The molecule has 0 atom stereocenters. The van der Waals surface area contributed by atoms with Gasteiger partial charge in [-0.25, -0.2) is 4.79 Å². The number of benzene rings is 1. The summed E-state index contributed by atoms with van der Waals surface area (Å²) in [4.78, 5) is 36.7. The fourth-order valence-electron chi connectivity index (χ4n) is 2.17. The van der Waals surface area contributed by atoms with E-state index in [0.717, 1.165) is 0 Å². The molecule has 7 heteroatoms. The van der Waals surface area contributed by atoms with Gasteiger partial charge < -0.3 is 9.72 Å². The lowest BCUT2D eigenvalue weighted by Gasteiger charge is -2.11. The highest BCUT2D eigenvalue weighted by molar-refractivity contribution is 5.98. The first-order valence-corrected chi connectivity index (χ1v) is 6.60. The number of hydrogen-bond acceptors (Lipinski definition) is 5. The van der Waals surface area contributed by atoms with Gasteiger partial charge in [-0.1, -0.05) is 12.1 Å². The summed E-state index contributed by atoms with van der Waals surface area (Å²) in [5.74, 6) is -0.585. The largest absolute Gasteiger partial charge is 0.462 e. The molecule has 0 fully saturated rings. The van der Waals surface area contributed by atoms with Crippen LogP contribution in [0.5, 0.6) is 0 Å². The lowest BCUT2D eigenvalue weighted by molar-refractivity contribution is -0.384. The van der Waals surface area contributed by atoms with Crippen LogP contribution >= 0.6 is 0 Å². The highest BCUT2D eigenvalue weighted by Crippen LogP contribution is 2.27. The zero-order valence-corrected chi connectivity index (χ0v) is 12.1. The van der Waals surface area contributed by atoms with E-state index in [1.54, 1.807) is 19.9 Å². The SMILES string of the molecule is CCOC(=O)c1c(-c2cccc([N+](=O)[O-])c2)cc(=O)[nH]c1C. The van der Waals surface area contributed by atoms with Gasteiger partial charge in [0.15, 0.2) is 0 Å². The van der Waals surface area contributed by atoms with Crippen molar-refractivity contribution in [3.8, 4) is 11.1 Å². The maximum atomic E-state index is 12.1. The van der Waals surface area contributed by atoms with Gasteiger partial charge in [-0.2, -0.15) is 0 Å². The summed E-state index contributed by atoms with van der Waals surface area (Å²) in [7, 11) is 0. The van der Waals surface area contributed by atoms with Gasteiger partial charge in [-0.15, -0.1) is 0 Å². The van der Waals surface area contributed by atoms with Crippen molar-refractivity contribution < 1.29 is 14.5 Å². The van der Waals surface area contributed by atoms with Crippen LogP contribution in [0.3, 0.4) is 0 Å². The predicted molar refractivity (Wildman–Crippen MR) is 79.8 cm³/mol. The van der Waals surface area contributed by atoms with E-state index in [1.807, 2.05) is 0 Å². The topological polar surface area (TPSA) is 102 Å². The van der Waals surface area contributed by atoms with Crippen molar-refractivity contribution in [3.05, 3.63) is 62.1 Å². The Morgan fingerprint density at radius 3 is 2.73 bits per heavy atom. The van der Waals surface area contributed by atoms with Crippen molar-refractivity contribution in [2.24, 2.45) is 0 Å². The first-order chi connectivity index (χ1) is 10.4. The lowest BCUT2D eigenvalue weighted by Crippen LogP contribution is -2.16. The number of carbonyl (C=O) groups excluding carboxylic acids is 1. The number of non-ortho nitro benzene ring substituents is 1. The number of aromatic nitrogens is 1. The normalized spacial score (nSPS) is 10.3. The van der Waals surface area contributed by atoms with Gasteiger partial charge in [0.05, 0.1) is 17.1 Å². The quantitative estimate of drug-likeness (QED) is 0.531. The Morgan fingerprint density at radius 2 is 2.09 bits per heavy atom. The molecular formula is C15H14N2O5. The molecule has 2 rings (SSSR count). The minimum Gasteiger partial charge on any atom is -0.462 e. The Bertz CT molecular complexity index is 795. The van der Waals surface area contributed by atoms with E-state index in [-0.39, 0.29) is 17.9 Å². The van der Waals surface area contributed by atoms with Gasteiger partial charge >= 0.3 is 5.97 Å². The number of carbonyl (C=O) groups is 1. The van der Waals surface area contributed by atoms with Crippen molar-refractivity contribution in [2.75, 3.05) is 6.61 Å². The number of nitrogens with one attached hydrogen (secondary N) is 1. The van der Waals surface area contributed by atoms with Crippen molar-refractivity contribution in [1.82, 2.24) is 4.98 Å². The van der Waals surface area contributed by atoms with Crippen LogP contribution in [0.1, 0.15) is 23.0 Å². The van der Waals surface area contributed by atoms with Crippen LogP contribution in [0.15, 0.2) is 35.1 Å². The molecule has 1 N–H and O–H groups in total. The Balaban J connectivity index is 2.68. The van der Waals surface area contributed by atoms with E-state index < -0.39 is 16.5 Å². The summed E-state index contributed by atoms with van der Waals surface area (Å²) in [6.45, 7) is 3.44. The first-order valence-electron chi connectivity index (χ1n) is 6.60. The van der Waals surface area contributed by atoms with Gasteiger partial charge in [0.1, 0.15) is 0 Å². The third kappa shape index (κ3) is 3.03. The molecule has 0 aliphatic rings. The van der Waals surface area contributed by atoms with Crippen LogP contribution < -0.4 is 5.56 Å². The van der Waals surface area contributed by atoms with E-state index in [4.69, 9.17) is 4.74 Å². The smallest absolute Gasteiger partial charge is 0.340 e. The standard InChI is InChI=1S/C15H14N2O5/c1-3-22-15(19)14-9(2)16-13(18)8-12(14)10-5-4-6-11(7-10)17(20)21/h4-8H,3H2,1-2H3,(H,16,18). The molecule has 1 aromatic heterocycles. The number of H-pyrrole nitrogens is 1. The number of nitro benzene ring substituents is 1. The zero-order valence-electron chi connectivity index (χ0n) is 12.1. The fraction of sp³-hybridized carbons (Fsp3) is 0.200. The molecule has 22 heavy (non-hydrogen) atoms. The number of nitro groups is 1. The first kappa shape index (κ1) is 15.4. The Hall–Kier alpha value is -2.96. The summed E-state index contributed by atoms with van der Waals surface area (Å²) in [5.41, 5.74) is 0.751. The van der Waals surface area contributed by atoms with Crippen molar-refractivity contribution in [1.29, 1.82) is 0 Å². The molecule has 0 saturated heterocycles. The monoisotopic (exact) mass is 302 g/mol. The molecule has 1 heterocycles. The van der Waals surface area contributed by atoms with Gasteiger partial charge in [0.25, 0.3) is 5.69 Å². The molecule has 0 aliphatic heterocycles. The molecule has 7 nitrogen and oxygen atoms in total. The highest BCUT2D eigenvalue weighted by atomic mass is 16.6. The maximum absolute atomic E-state index is 12.1. The summed E-state index contributed by atoms with van der Waals surface area (Å²) < 4.78 is 4.99. The number of pyridine rings is 1. The summed E-state index contributed by atoms with van der Waals surface area (Å²) in [5, 5.41) is 10.9. The van der Waals surface area contributed by atoms with Crippen LogP contribution in [0.2, 0.25) is 0 Å². The summed E-state index contributed by atoms with van der Waals surface area (Å²) in [6.07, 6.45) is 0. The molecule has 2 aromatic rings. The van der Waals surface area contributed by atoms with E-state index in [2.05, 4.69) is 4.98 Å². The molecule has 0 spiro atoms. The van der Waals surface area contributed by atoms with Crippen LogP contribution in [0.4, 0.5) is 5.69 Å². The molecule has 0 unspecified atom stereocenters. The Kier molecular flexibility index (Phi) is 4.36. The fourth-order valence-corrected chi connectivity index (χ4v) is 2.17. The molecule has 0 saturated carbocycles. The number of nitrogens with zero attached hydrogens (tertiary/aromatic N) is 1. The second kappa shape index (κ2) is 6.21. The van der Waals surface area contributed by atoms with E-state index in [9.17, 15) is 19.7 Å². The second-order valence-electron chi connectivity index (χ2n) is 4.58. The number of esters is 1. The third-order valence-corrected chi connectivity index (χ3v) is 3.08. The van der Waals surface area contributed by atoms with Crippen LogP contribution in [0, 0.1) is 17.0 Å². The molecule has 0 bridgehead atoms. The number of aromatic amines is 1. The van der Waals surface area contributed by atoms with Crippen LogP contribution in [0.25, 0.3) is 11.1 Å². The van der Waals surface area contributed by atoms with Crippen molar-refractivity contribution in [2.45, 2.75) is 13.8 Å². The molecule has 0 aliphatic carbocycles. The van der Waals surface area contributed by atoms with Crippen molar-refractivity contribution >= 4 is 11.7 Å². The predicted octanol–water partition coefficient (Wildman–Crippen LogP) is 2.44. The van der Waals surface area contributed by atoms with Gasteiger partial charge in [0, 0.05) is 29.5 Å². The minimum atomic E-state index is -0.585. The summed E-state index contributed by atoms with van der Waals surface area (Å²) >= 11 is 0. The molecular weight excluding hydrogens is 288 g/mol.